The summed E-state index contributed by atoms with van der Waals surface area (Å²) >= 11 is 0. The Morgan fingerprint density at radius 1 is 1.21 bits per heavy atom. The van der Waals surface area contributed by atoms with E-state index in [0.717, 1.165) is 50.4 Å². The fraction of sp³-hybridized carbons (Fsp3) is 0.458. The molecule has 0 unspecified atom stereocenters. The third-order valence-corrected chi connectivity index (χ3v) is 6.62. The summed E-state index contributed by atoms with van der Waals surface area (Å²) in [7, 11) is 1.59. The van der Waals surface area contributed by atoms with Crippen LogP contribution in [0.3, 0.4) is 0 Å². The monoisotopic (exact) mass is 453 g/mol. The van der Waals surface area contributed by atoms with Crippen molar-refractivity contribution in [3.63, 3.8) is 0 Å². The number of ether oxygens (including phenoxy) is 1. The van der Waals surface area contributed by atoms with Gasteiger partial charge in [0.15, 0.2) is 11.9 Å². The van der Waals surface area contributed by atoms with Crippen molar-refractivity contribution >= 4 is 23.2 Å². The van der Waals surface area contributed by atoms with Crippen molar-refractivity contribution in [1.82, 2.24) is 15.2 Å². The average molecular weight is 454 g/mol. The molecule has 3 aliphatic rings. The first kappa shape index (κ1) is 21.6. The molecule has 0 spiro atoms. The van der Waals surface area contributed by atoms with Crippen LogP contribution in [0.15, 0.2) is 24.3 Å². The zero-order chi connectivity index (χ0) is 23.1. The van der Waals surface area contributed by atoms with Crippen LogP contribution in [-0.2, 0) is 11.3 Å². The Bertz CT molecular complexity index is 1100. The number of rotatable bonds is 5. The van der Waals surface area contributed by atoms with Crippen molar-refractivity contribution in [1.29, 1.82) is 0 Å². The number of carbonyl (C=O) groups is 2. The van der Waals surface area contributed by atoms with Crippen molar-refractivity contribution in [2.45, 2.75) is 32.4 Å². The molecule has 3 heterocycles. The maximum Gasteiger partial charge on any atom is 0.269 e. The van der Waals surface area contributed by atoms with Gasteiger partial charge >= 0.3 is 0 Å². The van der Waals surface area contributed by atoms with E-state index in [1.807, 2.05) is 13.0 Å². The number of nitrogens with zero attached hydrogens (tertiary/aromatic N) is 3. The topological polar surface area (TPSA) is 86.8 Å². The molecule has 1 aromatic heterocycles. The lowest BCUT2D eigenvalue weighted by atomic mass is 10.1. The molecule has 8 nitrogen and oxygen atoms in total. The highest BCUT2D eigenvalue weighted by Gasteiger charge is 2.41. The highest BCUT2D eigenvalue weighted by atomic mass is 19.1. The van der Waals surface area contributed by atoms with E-state index >= 15 is 4.39 Å². The van der Waals surface area contributed by atoms with Gasteiger partial charge in [0.2, 0.25) is 0 Å². The third kappa shape index (κ3) is 4.25. The summed E-state index contributed by atoms with van der Waals surface area (Å²) in [5.41, 5.74) is 2.92. The van der Waals surface area contributed by atoms with Gasteiger partial charge in [-0.25, -0.2) is 9.37 Å². The molecule has 9 heteroatoms. The Kier molecular flexibility index (Phi) is 5.65. The molecule has 5 rings (SSSR count). The number of piperazine rings is 1. The standard InChI is InChI=1S/C24H28FN5O3/c1-14-18(7-6-17(27-14)23(31)26-2)30-11-9-29(10-12-30)13-16-5-8-19-21(20(16)25)28-24(32)22(33-19)15-3-4-15/h5-8,15,22H,3-4,9-13H2,1-2H3,(H,26,31)(H,28,32)/t22-/m1/s1. The number of benzene rings is 1. The number of nitrogens with one attached hydrogen (secondary N) is 2. The van der Waals surface area contributed by atoms with E-state index in [-0.39, 0.29) is 23.4 Å². The van der Waals surface area contributed by atoms with Crippen molar-refractivity contribution in [3.8, 4) is 5.75 Å². The summed E-state index contributed by atoms with van der Waals surface area (Å²) in [6, 6.07) is 7.19. The minimum Gasteiger partial charge on any atom is -0.478 e. The predicted octanol–water partition coefficient (Wildman–Crippen LogP) is 2.32. The second kappa shape index (κ2) is 8.62. The van der Waals surface area contributed by atoms with Crippen molar-refractivity contribution in [2.24, 2.45) is 5.92 Å². The molecule has 2 amide bonds. The zero-order valence-corrected chi connectivity index (χ0v) is 18.9. The second-order valence-corrected chi connectivity index (χ2v) is 8.92. The normalized spacial score (nSPS) is 20.6. The molecule has 1 atom stereocenters. The van der Waals surface area contributed by atoms with Crippen LogP contribution in [0.1, 0.15) is 34.6 Å². The molecule has 1 saturated heterocycles. The first-order valence-corrected chi connectivity index (χ1v) is 11.4. The van der Waals surface area contributed by atoms with Crippen LogP contribution in [0.4, 0.5) is 15.8 Å². The molecule has 0 bridgehead atoms. The summed E-state index contributed by atoms with van der Waals surface area (Å²) in [5.74, 6) is -0.202. The molecule has 1 aliphatic carbocycles. The van der Waals surface area contributed by atoms with E-state index < -0.39 is 11.9 Å². The molecule has 2 aromatic rings. The molecule has 0 radical (unpaired) electrons. The lowest BCUT2D eigenvalue weighted by Gasteiger charge is -2.37. The minimum atomic E-state index is -0.501. The van der Waals surface area contributed by atoms with E-state index in [1.54, 1.807) is 25.2 Å². The predicted molar refractivity (Wildman–Crippen MR) is 122 cm³/mol. The molecule has 1 aromatic carbocycles. The van der Waals surface area contributed by atoms with Gasteiger partial charge in [0.05, 0.1) is 11.4 Å². The Morgan fingerprint density at radius 3 is 2.64 bits per heavy atom. The number of halogens is 1. The molecule has 1 saturated carbocycles. The summed E-state index contributed by atoms with van der Waals surface area (Å²) in [6.07, 6.45) is 1.46. The maximum atomic E-state index is 15.2. The number of pyridine rings is 1. The van der Waals surface area contributed by atoms with E-state index in [2.05, 4.69) is 25.4 Å². The smallest absolute Gasteiger partial charge is 0.269 e. The van der Waals surface area contributed by atoms with Crippen molar-refractivity contribution in [3.05, 3.63) is 47.0 Å². The summed E-state index contributed by atoms with van der Waals surface area (Å²) < 4.78 is 21.0. The Balaban J connectivity index is 1.23. The van der Waals surface area contributed by atoms with Crippen LogP contribution in [0.25, 0.3) is 0 Å². The first-order chi connectivity index (χ1) is 15.9. The van der Waals surface area contributed by atoms with Crippen LogP contribution >= 0.6 is 0 Å². The summed E-state index contributed by atoms with van der Waals surface area (Å²) in [6.45, 7) is 5.44. The number of aromatic nitrogens is 1. The zero-order valence-electron chi connectivity index (χ0n) is 18.9. The van der Waals surface area contributed by atoms with E-state index in [1.165, 1.54) is 0 Å². The number of hydrogen-bond acceptors (Lipinski definition) is 6. The molecule has 174 valence electrons. The number of amides is 2. The van der Waals surface area contributed by atoms with Gasteiger partial charge in [-0.05, 0) is 38.0 Å². The lowest BCUT2D eigenvalue weighted by Crippen LogP contribution is -2.46. The van der Waals surface area contributed by atoms with E-state index in [0.29, 0.717) is 23.6 Å². The number of aryl methyl sites for hydroxylation is 1. The maximum absolute atomic E-state index is 15.2. The van der Waals surface area contributed by atoms with Gasteiger partial charge in [0.25, 0.3) is 11.8 Å². The van der Waals surface area contributed by atoms with Gasteiger partial charge in [0, 0.05) is 51.3 Å². The molecular weight excluding hydrogens is 425 g/mol. The van der Waals surface area contributed by atoms with Crippen LogP contribution in [0, 0.1) is 18.7 Å². The first-order valence-electron chi connectivity index (χ1n) is 11.4. The highest BCUT2D eigenvalue weighted by molar-refractivity contribution is 5.98. The molecule has 2 fully saturated rings. The highest BCUT2D eigenvalue weighted by Crippen LogP contribution is 2.41. The van der Waals surface area contributed by atoms with Gasteiger partial charge < -0.3 is 20.3 Å². The molecule has 2 N–H and O–H groups in total. The van der Waals surface area contributed by atoms with Gasteiger partial charge in [-0.15, -0.1) is 0 Å². The van der Waals surface area contributed by atoms with Gasteiger partial charge in [-0.3, -0.25) is 14.5 Å². The van der Waals surface area contributed by atoms with Gasteiger partial charge in [0.1, 0.15) is 17.1 Å². The molecule has 2 aliphatic heterocycles. The fourth-order valence-electron chi connectivity index (χ4n) is 4.56. The SMILES string of the molecule is CNC(=O)c1ccc(N2CCN(Cc3ccc4c(c3F)NC(=O)[C@@H](C3CC3)O4)CC2)c(C)n1. The second-order valence-electron chi connectivity index (χ2n) is 8.92. The van der Waals surface area contributed by atoms with Gasteiger partial charge in [-0.1, -0.05) is 6.07 Å². The van der Waals surface area contributed by atoms with Crippen LogP contribution in [-0.4, -0.2) is 61.0 Å². The summed E-state index contributed by atoms with van der Waals surface area (Å²) in [4.78, 5) is 33.0. The Hall–Kier alpha value is -3.20. The van der Waals surface area contributed by atoms with E-state index in [4.69, 9.17) is 4.74 Å². The van der Waals surface area contributed by atoms with Crippen LogP contribution in [0.5, 0.6) is 5.75 Å². The van der Waals surface area contributed by atoms with E-state index in [9.17, 15) is 9.59 Å². The largest absolute Gasteiger partial charge is 0.478 e. The Labute approximate surface area is 192 Å². The average Bonchev–Trinajstić information content (AvgIpc) is 3.66. The van der Waals surface area contributed by atoms with Crippen LogP contribution < -0.4 is 20.3 Å². The number of fused-ring (bicyclic) bond motifs is 1. The number of anilines is 2. The van der Waals surface area contributed by atoms with Crippen molar-refractivity contribution < 1.29 is 18.7 Å². The van der Waals surface area contributed by atoms with Gasteiger partial charge in [-0.2, -0.15) is 0 Å². The summed E-state index contributed by atoms with van der Waals surface area (Å²) in [5, 5.41) is 5.32. The molecule has 33 heavy (non-hydrogen) atoms. The lowest BCUT2D eigenvalue weighted by molar-refractivity contribution is -0.124. The fourth-order valence-corrected chi connectivity index (χ4v) is 4.56. The quantitative estimate of drug-likeness (QED) is 0.723. The third-order valence-electron chi connectivity index (χ3n) is 6.62. The minimum absolute atomic E-state index is 0.158. The van der Waals surface area contributed by atoms with Crippen molar-refractivity contribution in [2.75, 3.05) is 43.4 Å². The number of hydrogen-bond donors (Lipinski definition) is 2. The molecular formula is C24H28FN5O3. The Morgan fingerprint density at radius 2 is 1.97 bits per heavy atom. The van der Waals surface area contributed by atoms with Crippen LogP contribution in [0.2, 0.25) is 0 Å². The number of carbonyl (C=O) groups excluding carboxylic acids is 2.